The number of imidazole rings is 1. The maximum Gasteiger partial charge on any atom is 0.150 e. The van der Waals surface area contributed by atoms with Crippen LogP contribution in [0.4, 0.5) is 0 Å². The first-order valence-electron chi connectivity index (χ1n) is 9.72. The lowest BCUT2D eigenvalue weighted by atomic mass is 10.1. The van der Waals surface area contributed by atoms with Crippen molar-refractivity contribution in [1.82, 2.24) is 9.38 Å². The molecule has 2 aromatic heterocycles. The van der Waals surface area contributed by atoms with E-state index in [1.54, 1.807) is 12.1 Å². The number of aldehydes is 1. The second kappa shape index (κ2) is 7.43. The van der Waals surface area contributed by atoms with Gasteiger partial charge in [0.05, 0.1) is 12.3 Å². The van der Waals surface area contributed by atoms with E-state index in [0.29, 0.717) is 5.56 Å². The van der Waals surface area contributed by atoms with Gasteiger partial charge in [0.1, 0.15) is 29.2 Å². The highest BCUT2D eigenvalue weighted by atomic mass is 16.5. The first-order valence-corrected chi connectivity index (χ1v) is 9.72. The van der Waals surface area contributed by atoms with Crippen LogP contribution in [0, 0.1) is 5.92 Å². The van der Waals surface area contributed by atoms with Crippen LogP contribution in [0.25, 0.3) is 16.9 Å². The van der Waals surface area contributed by atoms with Gasteiger partial charge in [-0.05, 0) is 67.3 Å². The van der Waals surface area contributed by atoms with Crippen molar-refractivity contribution in [3.63, 3.8) is 0 Å². The second-order valence-corrected chi connectivity index (χ2v) is 7.33. The molecule has 29 heavy (non-hydrogen) atoms. The van der Waals surface area contributed by atoms with Gasteiger partial charge in [-0.1, -0.05) is 6.07 Å². The molecule has 1 fully saturated rings. The zero-order valence-corrected chi connectivity index (χ0v) is 15.8. The van der Waals surface area contributed by atoms with E-state index in [4.69, 9.17) is 9.47 Å². The van der Waals surface area contributed by atoms with Crippen molar-refractivity contribution in [2.24, 2.45) is 5.92 Å². The Hall–Kier alpha value is -3.60. The van der Waals surface area contributed by atoms with E-state index >= 15 is 0 Å². The van der Waals surface area contributed by atoms with Crippen molar-refractivity contribution in [3.8, 4) is 28.5 Å². The smallest absolute Gasteiger partial charge is 0.150 e. The number of hydrogen-bond donors (Lipinski definition) is 0. The third kappa shape index (κ3) is 3.99. The van der Waals surface area contributed by atoms with Gasteiger partial charge in [-0.2, -0.15) is 0 Å². The fraction of sp³-hybridized carbons (Fsp3) is 0.167. The molecule has 1 aliphatic carbocycles. The topological polar surface area (TPSA) is 52.8 Å². The zero-order valence-electron chi connectivity index (χ0n) is 15.8. The lowest BCUT2D eigenvalue weighted by Crippen LogP contribution is -1.98. The molecule has 0 bridgehead atoms. The predicted molar refractivity (Wildman–Crippen MR) is 111 cm³/mol. The molecule has 0 spiro atoms. The molecule has 2 aromatic carbocycles. The van der Waals surface area contributed by atoms with E-state index in [1.807, 2.05) is 65.3 Å². The van der Waals surface area contributed by atoms with Crippen LogP contribution in [-0.2, 0) is 0 Å². The molecular formula is C24H20N2O3. The Morgan fingerprint density at radius 3 is 2.62 bits per heavy atom. The fourth-order valence-corrected chi connectivity index (χ4v) is 3.17. The van der Waals surface area contributed by atoms with Crippen LogP contribution in [-0.4, -0.2) is 22.3 Å². The monoisotopic (exact) mass is 384 g/mol. The number of carbonyl (C=O) groups is 1. The Bertz CT molecular complexity index is 1160. The van der Waals surface area contributed by atoms with Crippen LogP contribution in [0.5, 0.6) is 17.2 Å². The van der Waals surface area contributed by atoms with Crippen LogP contribution in [0.15, 0.2) is 73.1 Å². The van der Waals surface area contributed by atoms with Crippen LogP contribution in [0.2, 0.25) is 0 Å². The van der Waals surface area contributed by atoms with Crippen molar-refractivity contribution in [1.29, 1.82) is 0 Å². The van der Waals surface area contributed by atoms with E-state index in [9.17, 15) is 4.79 Å². The summed E-state index contributed by atoms with van der Waals surface area (Å²) in [6, 6.07) is 19.1. The highest BCUT2D eigenvalue weighted by Gasteiger charge is 2.21. The molecule has 0 unspecified atom stereocenters. The Kier molecular flexibility index (Phi) is 4.48. The fourth-order valence-electron chi connectivity index (χ4n) is 3.17. The van der Waals surface area contributed by atoms with Crippen LogP contribution >= 0.6 is 0 Å². The molecule has 0 aliphatic heterocycles. The van der Waals surface area contributed by atoms with E-state index in [2.05, 4.69) is 4.98 Å². The summed E-state index contributed by atoms with van der Waals surface area (Å²) < 4.78 is 13.7. The molecule has 2 heterocycles. The Morgan fingerprint density at radius 2 is 1.83 bits per heavy atom. The molecule has 1 saturated carbocycles. The first kappa shape index (κ1) is 17.5. The number of ether oxygens (including phenoxy) is 2. The average molecular weight is 384 g/mol. The van der Waals surface area contributed by atoms with Gasteiger partial charge in [0, 0.05) is 29.6 Å². The van der Waals surface area contributed by atoms with Gasteiger partial charge in [0.25, 0.3) is 0 Å². The molecule has 5 rings (SSSR count). The Labute approximate surface area is 168 Å². The molecule has 0 atom stereocenters. The predicted octanol–water partition coefficient (Wildman–Crippen LogP) is 5.39. The van der Waals surface area contributed by atoms with Crippen LogP contribution < -0.4 is 9.47 Å². The van der Waals surface area contributed by atoms with E-state index in [-0.39, 0.29) is 0 Å². The van der Waals surface area contributed by atoms with Gasteiger partial charge < -0.3 is 13.9 Å². The molecule has 4 aromatic rings. The summed E-state index contributed by atoms with van der Waals surface area (Å²) in [5.41, 5.74) is 3.18. The van der Waals surface area contributed by atoms with Crippen molar-refractivity contribution in [2.45, 2.75) is 12.8 Å². The number of hydrogen-bond acceptors (Lipinski definition) is 4. The average Bonchev–Trinajstić information content (AvgIpc) is 3.49. The Balaban J connectivity index is 1.31. The molecular weight excluding hydrogens is 364 g/mol. The minimum atomic E-state index is 0.613. The molecule has 0 amide bonds. The number of rotatable bonds is 7. The summed E-state index contributed by atoms with van der Waals surface area (Å²) in [5, 5.41) is 0. The summed E-state index contributed by atoms with van der Waals surface area (Å²) >= 11 is 0. The van der Waals surface area contributed by atoms with Crippen molar-refractivity contribution >= 4 is 11.9 Å². The lowest BCUT2D eigenvalue weighted by molar-refractivity contribution is 0.112. The maximum atomic E-state index is 10.9. The number of nitrogens with zero attached hydrogens (tertiary/aromatic N) is 2. The molecule has 0 N–H and O–H groups in total. The summed E-state index contributed by atoms with van der Waals surface area (Å²) in [5.74, 6) is 3.06. The van der Waals surface area contributed by atoms with Gasteiger partial charge in [-0.3, -0.25) is 4.79 Å². The van der Waals surface area contributed by atoms with Crippen molar-refractivity contribution < 1.29 is 14.3 Å². The number of pyridine rings is 1. The number of fused-ring (bicyclic) bond motifs is 1. The largest absolute Gasteiger partial charge is 0.493 e. The number of aromatic nitrogens is 2. The molecule has 0 radical (unpaired) electrons. The van der Waals surface area contributed by atoms with Gasteiger partial charge in [0.15, 0.2) is 0 Å². The van der Waals surface area contributed by atoms with E-state index in [1.165, 1.54) is 12.8 Å². The molecule has 144 valence electrons. The second-order valence-electron chi connectivity index (χ2n) is 7.33. The van der Waals surface area contributed by atoms with Gasteiger partial charge in [0.2, 0.25) is 0 Å². The number of benzene rings is 2. The highest BCUT2D eigenvalue weighted by Crippen LogP contribution is 2.31. The zero-order chi connectivity index (χ0) is 19.6. The normalized spacial score (nSPS) is 13.4. The standard InChI is InChI=1S/C24H20N2O3/c27-15-18-10-11-26-14-23(25-24(26)12-18)19-6-8-20(9-7-19)29-22-3-1-2-21(13-22)28-16-17-4-5-17/h1-3,6-15,17H,4-5,16H2. The van der Waals surface area contributed by atoms with Gasteiger partial charge in [-0.15, -0.1) is 0 Å². The lowest BCUT2D eigenvalue weighted by Gasteiger charge is -2.09. The quantitative estimate of drug-likeness (QED) is 0.401. The first-order chi connectivity index (χ1) is 14.3. The number of carbonyl (C=O) groups excluding carboxylic acids is 1. The highest BCUT2D eigenvalue weighted by molar-refractivity contribution is 5.77. The molecule has 5 heteroatoms. The van der Waals surface area contributed by atoms with Crippen molar-refractivity contribution in [3.05, 3.63) is 78.6 Å². The third-order valence-corrected chi connectivity index (χ3v) is 4.99. The van der Waals surface area contributed by atoms with Crippen LogP contribution in [0.3, 0.4) is 0 Å². The summed E-state index contributed by atoms with van der Waals surface area (Å²) in [6.45, 7) is 0.783. The minimum absolute atomic E-state index is 0.613. The van der Waals surface area contributed by atoms with Crippen molar-refractivity contribution in [2.75, 3.05) is 6.61 Å². The molecule has 5 nitrogen and oxygen atoms in total. The van der Waals surface area contributed by atoms with Crippen LogP contribution in [0.1, 0.15) is 23.2 Å². The van der Waals surface area contributed by atoms with E-state index < -0.39 is 0 Å². The van der Waals surface area contributed by atoms with E-state index in [0.717, 1.165) is 53.0 Å². The third-order valence-electron chi connectivity index (χ3n) is 4.99. The summed E-state index contributed by atoms with van der Waals surface area (Å²) in [4.78, 5) is 15.5. The Morgan fingerprint density at radius 1 is 1.00 bits per heavy atom. The minimum Gasteiger partial charge on any atom is -0.493 e. The molecule has 1 aliphatic rings. The SMILES string of the molecule is O=Cc1ccn2cc(-c3ccc(Oc4cccc(OCC5CC5)c4)cc3)nc2c1. The van der Waals surface area contributed by atoms with Gasteiger partial charge in [-0.25, -0.2) is 4.98 Å². The summed E-state index contributed by atoms with van der Waals surface area (Å²) in [7, 11) is 0. The molecule has 0 saturated heterocycles. The maximum absolute atomic E-state index is 10.9. The van der Waals surface area contributed by atoms with Gasteiger partial charge >= 0.3 is 0 Å². The summed E-state index contributed by atoms with van der Waals surface area (Å²) in [6.07, 6.45) is 7.15.